The lowest BCUT2D eigenvalue weighted by molar-refractivity contribution is -0.120. The van der Waals surface area contributed by atoms with Gasteiger partial charge in [0.05, 0.1) is 6.04 Å². The molecule has 0 saturated heterocycles. The highest BCUT2D eigenvalue weighted by atomic mass is 16.1. The van der Waals surface area contributed by atoms with Crippen LogP contribution in [-0.4, -0.2) is 32.3 Å². The molecule has 0 heterocycles. The van der Waals surface area contributed by atoms with Crippen LogP contribution in [0.1, 0.15) is 79.1 Å². The molecule has 0 spiro atoms. The number of amides is 1. The highest BCUT2D eigenvalue weighted by molar-refractivity contribution is 5.79. The van der Waals surface area contributed by atoms with Crippen LogP contribution in [0.5, 0.6) is 0 Å². The lowest BCUT2D eigenvalue weighted by Gasteiger charge is -2.08. The van der Waals surface area contributed by atoms with Crippen LogP contribution in [0, 0.1) is 0 Å². The van der Waals surface area contributed by atoms with Gasteiger partial charge >= 0.3 is 0 Å². The van der Waals surface area contributed by atoms with Gasteiger partial charge in [-0.25, -0.2) is 0 Å². The van der Waals surface area contributed by atoms with E-state index in [1.54, 1.807) is 7.05 Å². The molecule has 0 unspecified atom stereocenters. The number of aldehydes is 1. The number of nitrogens with two attached hydrogens (primary N) is 2. The van der Waals surface area contributed by atoms with Crippen LogP contribution in [0.3, 0.4) is 0 Å². The molecule has 1 atom stereocenters. The Balaban J connectivity index is -0.000000120. The standard InChI is InChI=1S/C8H16O.C6H14N2O.C2H6.CH5N/c1-2-3-4-5-6-7-8-9;1-3-4-5(8-2)6(7)9;2*1-2/h8H,2-7H2,1H3;5,8H,3-4H2,1-2H3,(H2,7,9);1-2H3;2H2,1H3/t;5-;;/m.0../s1. The number of hydrogen-bond acceptors (Lipinski definition) is 4. The Bertz CT molecular complexity index is 200. The van der Waals surface area contributed by atoms with E-state index in [9.17, 15) is 9.59 Å². The van der Waals surface area contributed by atoms with Gasteiger partial charge in [-0.2, -0.15) is 0 Å². The third-order valence-corrected chi connectivity index (χ3v) is 2.69. The van der Waals surface area contributed by atoms with Crippen molar-refractivity contribution in [2.75, 3.05) is 14.1 Å². The maximum absolute atomic E-state index is 10.5. The summed E-state index contributed by atoms with van der Waals surface area (Å²) >= 11 is 0. The molecule has 0 aliphatic heterocycles. The Labute approximate surface area is 138 Å². The molecule has 0 radical (unpaired) electrons. The van der Waals surface area contributed by atoms with Gasteiger partial charge in [0.15, 0.2) is 0 Å². The second-order valence-electron chi connectivity index (χ2n) is 4.40. The van der Waals surface area contributed by atoms with Crippen molar-refractivity contribution in [3.63, 3.8) is 0 Å². The number of unbranched alkanes of at least 4 members (excludes halogenated alkanes) is 5. The number of rotatable bonds is 10. The van der Waals surface area contributed by atoms with Crippen molar-refractivity contribution in [2.45, 2.75) is 85.1 Å². The summed E-state index contributed by atoms with van der Waals surface area (Å²) in [5.74, 6) is -0.264. The topological polar surface area (TPSA) is 98.2 Å². The van der Waals surface area contributed by atoms with Crippen molar-refractivity contribution >= 4 is 12.2 Å². The third-order valence-electron chi connectivity index (χ3n) is 2.69. The normalized spacial score (nSPS) is 9.77. The van der Waals surface area contributed by atoms with E-state index in [0.29, 0.717) is 0 Å². The van der Waals surface area contributed by atoms with Crippen molar-refractivity contribution in [1.82, 2.24) is 5.32 Å². The van der Waals surface area contributed by atoms with Crippen LogP contribution in [0.25, 0.3) is 0 Å². The Morgan fingerprint density at radius 2 is 1.55 bits per heavy atom. The molecule has 0 rings (SSSR count). The maximum atomic E-state index is 10.5. The smallest absolute Gasteiger partial charge is 0.234 e. The van der Waals surface area contributed by atoms with Gasteiger partial charge in [-0.15, -0.1) is 0 Å². The first-order chi connectivity index (χ1) is 10.6. The van der Waals surface area contributed by atoms with Gasteiger partial charge in [-0.05, 0) is 26.9 Å². The third kappa shape index (κ3) is 31.4. The number of carbonyl (C=O) groups is 2. The molecule has 0 bridgehead atoms. The van der Waals surface area contributed by atoms with E-state index in [4.69, 9.17) is 5.73 Å². The minimum absolute atomic E-state index is 0.144. The molecule has 136 valence electrons. The monoisotopic (exact) mass is 319 g/mol. The summed E-state index contributed by atoms with van der Waals surface area (Å²) in [6.07, 6.45) is 9.77. The molecule has 22 heavy (non-hydrogen) atoms. The summed E-state index contributed by atoms with van der Waals surface area (Å²) in [7, 11) is 3.24. The molecule has 0 aliphatic carbocycles. The van der Waals surface area contributed by atoms with Crippen molar-refractivity contribution in [1.29, 1.82) is 0 Å². The number of nitrogens with one attached hydrogen (secondary N) is 1. The van der Waals surface area contributed by atoms with Gasteiger partial charge in [-0.3, -0.25) is 4.79 Å². The van der Waals surface area contributed by atoms with Gasteiger partial charge in [0, 0.05) is 6.42 Å². The Hall–Kier alpha value is -0.940. The summed E-state index contributed by atoms with van der Waals surface area (Å²) in [5, 5.41) is 2.83. The van der Waals surface area contributed by atoms with Crippen molar-refractivity contribution < 1.29 is 9.59 Å². The fourth-order valence-corrected chi connectivity index (χ4v) is 1.55. The second-order valence-corrected chi connectivity index (χ2v) is 4.40. The van der Waals surface area contributed by atoms with Crippen LogP contribution < -0.4 is 16.8 Å². The summed E-state index contributed by atoms with van der Waals surface area (Å²) in [6, 6.07) is -0.144. The molecule has 0 aliphatic rings. The van der Waals surface area contributed by atoms with Crippen LogP contribution in [0.15, 0.2) is 0 Å². The number of hydrogen-bond donors (Lipinski definition) is 3. The average molecular weight is 320 g/mol. The van der Waals surface area contributed by atoms with Crippen LogP contribution in [0.4, 0.5) is 0 Å². The van der Waals surface area contributed by atoms with E-state index in [1.165, 1.54) is 32.7 Å². The molecule has 5 heteroatoms. The highest BCUT2D eigenvalue weighted by Crippen LogP contribution is 2.02. The minimum atomic E-state index is -0.264. The average Bonchev–Trinajstić information content (AvgIpc) is 2.56. The van der Waals surface area contributed by atoms with Crippen LogP contribution in [-0.2, 0) is 9.59 Å². The zero-order chi connectivity index (χ0) is 18.2. The maximum Gasteiger partial charge on any atom is 0.234 e. The molecular formula is C17H41N3O2. The SMILES string of the molecule is CC.CCCCCCCC=O.CCC[C@H](NC)C(N)=O.CN. The van der Waals surface area contributed by atoms with Gasteiger partial charge in [0.1, 0.15) is 6.29 Å². The lowest BCUT2D eigenvalue weighted by atomic mass is 10.1. The fraction of sp³-hybridized carbons (Fsp3) is 0.882. The van der Waals surface area contributed by atoms with Gasteiger partial charge in [0.2, 0.25) is 5.91 Å². The first kappa shape index (κ1) is 29.1. The summed E-state index contributed by atoms with van der Waals surface area (Å²) in [4.78, 5) is 20.3. The van der Waals surface area contributed by atoms with Gasteiger partial charge in [-0.1, -0.05) is 59.8 Å². The zero-order valence-corrected chi connectivity index (χ0v) is 15.8. The first-order valence-corrected chi connectivity index (χ1v) is 8.61. The number of likely N-dealkylation sites (N-methyl/N-ethyl adjacent to an activating group) is 1. The van der Waals surface area contributed by atoms with Crippen molar-refractivity contribution in [3.8, 4) is 0 Å². The molecule has 1 amide bonds. The van der Waals surface area contributed by atoms with E-state index in [2.05, 4.69) is 18.0 Å². The molecule has 0 fully saturated rings. The predicted octanol–water partition coefficient (Wildman–Crippen LogP) is 3.01. The van der Waals surface area contributed by atoms with Gasteiger partial charge in [0.25, 0.3) is 0 Å². The van der Waals surface area contributed by atoms with E-state index in [1.807, 2.05) is 20.8 Å². The fourth-order valence-electron chi connectivity index (χ4n) is 1.55. The van der Waals surface area contributed by atoms with Gasteiger partial charge < -0.3 is 21.6 Å². The Kier molecular flexibility index (Phi) is 42.5. The summed E-state index contributed by atoms with van der Waals surface area (Å²) < 4.78 is 0. The highest BCUT2D eigenvalue weighted by Gasteiger charge is 2.09. The quantitative estimate of drug-likeness (QED) is 0.426. The molecule has 0 aromatic heterocycles. The number of primary amides is 1. The van der Waals surface area contributed by atoms with E-state index in [-0.39, 0.29) is 11.9 Å². The second kappa shape index (κ2) is 32.1. The van der Waals surface area contributed by atoms with E-state index < -0.39 is 0 Å². The Morgan fingerprint density at radius 1 is 1.05 bits per heavy atom. The zero-order valence-electron chi connectivity index (χ0n) is 15.8. The van der Waals surface area contributed by atoms with Crippen LogP contribution in [0.2, 0.25) is 0 Å². The van der Waals surface area contributed by atoms with E-state index >= 15 is 0 Å². The predicted molar refractivity (Wildman–Crippen MR) is 97.8 cm³/mol. The summed E-state index contributed by atoms with van der Waals surface area (Å²) in [5.41, 5.74) is 9.53. The number of carbonyl (C=O) groups excluding carboxylic acids is 2. The first-order valence-electron chi connectivity index (χ1n) is 8.61. The van der Waals surface area contributed by atoms with Crippen molar-refractivity contribution in [3.05, 3.63) is 0 Å². The largest absolute Gasteiger partial charge is 0.368 e. The Morgan fingerprint density at radius 3 is 1.82 bits per heavy atom. The molecule has 5 N–H and O–H groups in total. The molecule has 0 saturated carbocycles. The minimum Gasteiger partial charge on any atom is -0.368 e. The molecule has 5 nitrogen and oxygen atoms in total. The summed E-state index contributed by atoms with van der Waals surface area (Å²) in [6.45, 7) is 8.22. The van der Waals surface area contributed by atoms with E-state index in [0.717, 1.165) is 32.0 Å². The lowest BCUT2D eigenvalue weighted by Crippen LogP contribution is -2.38. The molecule has 0 aromatic rings. The molecular weight excluding hydrogens is 278 g/mol. The van der Waals surface area contributed by atoms with Crippen LogP contribution >= 0.6 is 0 Å². The molecule has 0 aromatic carbocycles. The van der Waals surface area contributed by atoms with Crippen molar-refractivity contribution in [2.24, 2.45) is 11.5 Å².